The van der Waals surface area contributed by atoms with Gasteiger partial charge in [-0.1, -0.05) is 5.21 Å². The summed E-state index contributed by atoms with van der Waals surface area (Å²) in [5.41, 5.74) is 6.43. The van der Waals surface area contributed by atoms with Crippen molar-refractivity contribution in [2.45, 2.75) is 33.4 Å². The van der Waals surface area contributed by atoms with Crippen molar-refractivity contribution in [2.75, 3.05) is 12.3 Å². The fraction of sp³-hybridized carbons (Fsp3) is 0.750. The number of nitrogens with two attached hydrogens (primary N) is 1. The highest BCUT2D eigenvalue weighted by Crippen LogP contribution is 2.03. The van der Waals surface area contributed by atoms with Crippen LogP contribution < -0.4 is 5.73 Å². The van der Waals surface area contributed by atoms with Gasteiger partial charge in [0.25, 0.3) is 0 Å². The Hall–Kier alpha value is -1.10. The van der Waals surface area contributed by atoms with Crippen LogP contribution in [-0.2, 0) is 11.3 Å². The molecule has 5 nitrogen and oxygen atoms in total. The molecule has 0 unspecified atom stereocenters. The minimum absolute atomic E-state index is 0.251. The van der Waals surface area contributed by atoms with E-state index in [1.165, 1.54) is 0 Å². The predicted octanol–water partition coefficient (Wildman–Crippen LogP) is 0.594. The molecule has 2 N–H and O–H groups in total. The number of anilines is 1. The molecule has 0 spiro atoms. The Kier molecular flexibility index (Phi) is 3.25. The molecule has 1 aromatic rings. The highest BCUT2D eigenvalue weighted by atomic mass is 16.5. The maximum Gasteiger partial charge on any atom is 0.168 e. The molecule has 0 saturated heterocycles. The maximum atomic E-state index is 5.54. The van der Waals surface area contributed by atoms with Crippen LogP contribution in [0.25, 0.3) is 0 Å². The van der Waals surface area contributed by atoms with Crippen molar-refractivity contribution in [1.82, 2.24) is 15.0 Å². The molecule has 0 fully saturated rings. The van der Waals surface area contributed by atoms with Crippen LogP contribution >= 0.6 is 0 Å². The normalized spacial score (nSPS) is 11.1. The summed E-state index contributed by atoms with van der Waals surface area (Å²) in [7, 11) is 0. The minimum atomic E-state index is 0.251. The lowest BCUT2D eigenvalue weighted by atomic mass is 10.4. The van der Waals surface area contributed by atoms with Crippen molar-refractivity contribution in [2.24, 2.45) is 0 Å². The second kappa shape index (κ2) is 4.23. The van der Waals surface area contributed by atoms with Crippen LogP contribution in [0.15, 0.2) is 0 Å². The van der Waals surface area contributed by atoms with E-state index in [-0.39, 0.29) is 6.10 Å². The molecule has 74 valence electrons. The first-order valence-electron chi connectivity index (χ1n) is 4.38. The predicted molar refractivity (Wildman–Crippen MR) is 50.3 cm³/mol. The SMILES string of the molecule is Cc1c(N)nnn1CCOC(C)C. The van der Waals surface area contributed by atoms with Gasteiger partial charge in [0.2, 0.25) is 0 Å². The Bertz CT molecular complexity index is 269. The summed E-state index contributed by atoms with van der Waals surface area (Å²) in [4.78, 5) is 0. The number of nitrogens with zero attached hydrogens (tertiary/aromatic N) is 3. The van der Waals surface area contributed by atoms with Gasteiger partial charge in [-0.2, -0.15) is 0 Å². The highest BCUT2D eigenvalue weighted by molar-refractivity contribution is 5.31. The van der Waals surface area contributed by atoms with Gasteiger partial charge in [-0.25, -0.2) is 4.68 Å². The summed E-state index contributed by atoms with van der Waals surface area (Å²) in [5.74, 6) is 0.490. The number of hydrogen-bond donors (Lipinski definition) is 1. The van der Waals surface area contributed by atoms with Gasteiger partial charge >= 0.3 is 0 Å². The third kappa shape index (κ3) is 2.69. The van der Waals surface area contributed by atoms with Crippen LogP contribution in [0, 0.1) is 6.92 Å². The van der Waals surface area contributed by atoms with E-state index in [9.17, 15) is 0 Å². The minimum Gasteiger partial charge on any atom is -0.381 e. The summed E-state index contributed by atoms with van der Waals surface area (Å²) in [5, 5.41) is 7.62. The largest absolute Gasteiger partial charge is 0.381 e. The summed E-state index contributed by atoms with van der Waals surface area (Å²) in [6.45, 7) is 7.24. The van der Waals surface area contributed by atoms with Gasteiger partial charge in [0.05, 0.1) is 24.9 Å². The summed E-state index contributed by atoms with van der Waals surface area (Å²) < 4.78 is 7.13. The van der Waals surface area contributed by atoms with Crippen molar-refractivity contribution in [1.29, 1.82) is 0 Å². The van der Waals surface area contributed by atoms with Gasteiger partial charge in [-0.15, -0.1) is 5.10 Å². The number of ether oxygens (including phenoxy) is 1. The molecule has 0 aliphatic heterocycles. The van der Waals surface area contributed by atoms with Crippen molar-refractivity contribution in [3.63, 3.8) is 0 Å². The van der Waals surface area contributed by atoms with Gasteiger partial charge in [0, 0.05) is 0 Å². The lowest BCUT2D eigenvalue weighted by Crippen LogP contribution is -2.12. The van der Waals surface area contributed by atoms with E-state index < -0.39 is 0 Å². The number of rotatable bonds is 4. The zero-order valence-electron chi connectivity index (χ0n) is 8.32. The first-order valence-corrected chi connectivity index (χ1v) is 4.38. The van der Waals surface area contributed by atoms with E-state index in [4.69, 9.17) is 10.5 Å². The van der Waals surface area contributed by atoms with Crippen molar-refractivity contribution in [3.05, 3.63) is 5.69 Å². The third-order valence-electron chi connectivity index (χ3n) is 1.77. The molecule has 0 atom stereocenters. The van der Waals surface area contributed by atoms with Crippen LogP contribution in [0.5, 0.6) is 0 Å². The Morgan fingerprint density at radius 1 is 1.54 bits per heavy atom. The Morgan fingerprint density at radius 2 is 2.23 bits per heavy atom. The third-order valence-corrected chi connectivity index (χ3v) is 1.77. The van der Waals surface area contributed by atoms with Crippen LogP contribution in [0.1, 0.15) is 19.5 Å². The first-order chi connectivity index (χ1) is 6.11. The molecule has 1 rings (SSSR count). The van der Waals surface area contributed by atoms with Gasteiger partial charge < -0.3 is 10.5 Å². The molecule has 13 heavy (non-hydrogen) atoms. The van der Waals surface area contributed by atoms with Crippen LogP contribution in [0.2, 0.25) is 0 Å². The van der Waals surface area contributed by atoms with Crippen LogP contribution in [0.4, 0.5) is 5.82 Å². The lowest BCUT2D eigenvalue weighted by Gasteiger charge is -2.07. The van der Waals surface area contributed by atoms with E-state index in [0.717, 1.165) is 5.69 Å². The van der Waals surface area contributed by atoms with E-state index >= 15 is 0 Å². The molecule has 1 aromatic heterocycles. The van der Waals surface area contributed by atoms with E-state index in [2.05, 4.69) is 10.3 Å². The van der Waals surface area contributed by atoms with E-state index in [1.807, 2.05) is 20.8 Å². The van der Waals surface area contributed by atoms with Crippen LogP contribution in [0.3, 0.4) is 0 Å². The molecule has 1 heterocycles. The average molecular weight is 184 g/mol. The second-order valence-electron chi connectivity index (χ2n) is 3.20. The molecular weight excluding hydrogens is 168 g/mol. The maximum absolute atomic E-state index is 5.54. The average Bonchev–Trinajstić information content (AvgIpc) is 2.35. The van der Waals surface area contributed by atoms with Crippen molar-refractivity contribution < 1.29 is 4.74 Å². The molecule has 0 amide bonds. The van der Waals surface area contributed by atoms with Gasteiger partial charge in [0.15, 0.2) is 5.82 Å². The summed E-state index contributed by atoms with van der Waals surface area (Å²) in [6.07, 6.45) is 0.251. The lowest BCUT2D eigenvalue weighted by molar-refractivity contribution is 0.0704. The summed E-state index contributed by atoms with van der Waals surface area (Å²) >= 11 is 0. The Balaban J connectivity index is 2.41. The zero-order chi connectivity index (χ0) is 9.84. The molecular formula is C8H16N4O. The molecule has 0 bridgehead atoms. The van der Waals surface area contributed by atoms with Crippen molar-refractivity contribution in [3.8, 4) is 0 Å². The monoisotopic (exact) mass is 184 g/mol. The standard InChI is InChI=1S/C8H16N4O/c1-6(2)13-5-4-12-7(3)8(9)10-11-12/h6H,4-5,9H2,1-3H3. The molecule has 0 saturated carbocycles. The molecule has 0 radical (unpaired) electrons. The molecule has 0 aliphatic rings. The van der Waals surface area contributed by atoms with Crippen molar-refractivity contribution >= 4 is 5.82 Å². The summed E-state index contributed by atoms with van der Waals surface area (Å²) in [6, 6.07) is 0. The zero-order valence-corrected chi connectivity index (χ0v) is 8.32. The van der Waals surface area contributed by atoms with Crippen LogP contribution in [-0.4, -0.2) is 27.7 Å². The Morgan fingerprint density at radius 3 is 2.69 bits per heavy atom. The first kappa shape index (κ1) is 9.98. The fourth-order valence-electron chi connectivity index (χ4n) is 0.961. The molecule has 5 heteroatoms. The fourth-order valence-corrected chi connectivity index (χ4v) is 0.961. The number of aromatic nitrogens is 3. The number of nitrogen functional groups attached to an aromatic ring is 1. The quantitative estimate of drug-likeness (QED) is 0.744. The highest BCUT2D eigenvalue weighted by Gasteiger charge is 2.03. The van der Waals surface area contributed by atoms with Gasteiger partial charge in [-0.3, -0.25) is 0 Å². The Labute approximate surface area is 77.9 Å². The number of hydrogen-bond acceptors (Lipinski definition) is 4. The van der Waals surface area contributed by atoms with E-state index in [1.54, 1.807) is 4.68 Å². The smallest absolute Gasteiger partial charge is 0.168 e. The molecule has 0 aromatic carbocycles. The van der Waals surface area contributed by atoms with E-state index in [0.29, 0.717) is 19.0 Å². The second-order valence-corrected chi connectivity index (χ2v) is 3.20. The topological polar surface area (TPSA) is 66.0 Å². The molecule has 0 aliphatic carbocycles. The van der Waals surface area contributed by atoms with Gasteiger partial charge in [0.1, 0.15) is 0 Å². The van der Waals surface area contributed by atoms with Gasteiger partial charge in [-0.05, 0) is 20.8 Å².